The van der Waals surface area contributed by atoms with Gasteiger partial charge in [-0.2, -0.15) is 0 Å². The van der Waals surface area contributed by atoms with Crippen LogP contribution < -0.4 is 10.9 Å². The maximum atomic E-state index is 13.0. The van der Waals surface area contributed by atoms with Crippen molar-refractivity contribution in [1.29, 1.82) is 0 Å². The van der Waals surface area contributed by atoms with E-state index >= 15 is 0 Å². The average molecular weight is 424 g/mol. The zero-order valence-corrected chi connectivity index (χ0v) is 18.8. The minimum Gasteiger partial charge on any atom is -0.348 e. The van der Waals surface area contributed by atoms with Gasteiger partial charge in [0.1, 0.15) is 0 Å². The molecule has 0 aliphatic carbocycles. The van der Waals surface area contributed by atoms with E-state index in [9.17, 15) is 9.59 Å². The number of hydrogen-bond donors (Lipinski definition) is 1. The van der Waals surface area contributed by atoms with Crippen molar-refractivity contribution in [1.82, 2.24) is 14.9 Å². The summed E-state index contributed by atoms with van der Waals surface area (Å²) in [6.45, 7) is 7.89. The first-order valence-electron chi connectivity index (χ1n) is 10.5. The van der Waals surface area contributed by atoms with Crippen molar-refractivity contribution in [3.05, 3.63) is 70.5 Å². The van der Waals surface area contributed by atoms with Crippen molar-refractivity contribution in [3.63, 3.8) is 0 Å². The van der Waals surface area contributed by atoms with Crippen LogP contribution >= 0.6 is 11.8 Å². The summed E-state index contributed by atoms with van der Waals surface area (Å²) in [5, 5.41) is 3.97. The van der Waals surface area contributed by atoms with E-state index in [0.29, 0.717) is 16.1 Å². The Kier molecular flexibility index (Phi) is 7.32. The quantitative estimate of drug-likeness (QED) is 0.404. The molecule has 0 unspecified atom stereocenters. The highest BCUT2D eigenvalue weighted by Gasteiger charge is 2.23. The predicted octanol–water partition coefficient (Wildman–Crippen LogP) is 5.12. The van der Waals surface area contributed by atoms with Crippen LogP contribution in [0.2, 0.25) is 0 Å². The smallest absolute Gasteiger partial charge is 0.262 e. The van der Waals surface area contributed by atoms with E-state index in [0.717, 1.165) is 18.4 Å². The molecule has 6 heteroatoms. The summed E-state index contributed by atoms with van der Waals surface area (Å²) in [5.41, 5.74) is 1.69. The molecule has 0 bridgehead atoms. The molecular weight excluding hydrogens is 394 g/mol. The van der Waals surface area contributed by atoms with Gasteiger partial charge >= 0.3 is 0 Å². The Morgan fingerprint density at radius 1 is 1.07 bits per heavy atom. The maximum Gasteiger partial charge on any atom is 0.262 e. The number of rotatable bonds is 8. The third-order valence-corrected chi connectivity index (χ3v) is 6.11. The summed E-state index contributed by atoms with van der Waals surface area (Å²) >= 11 is 1.33. The van der Waals surface area contributed by atoms with Gasteiger partial charge in [-0.1, -0.05) is 67.6 Å². The van der Waals surface area contributed by atoms with Crippen molar-refractivity contribution >= 4 is 28.6 Å². The summed E-state index contributed by atoms with van der Waals surface area (Å²) in [6, 6.07) is 17.3. The molecule has 2 atom stereocenters. The molecule has 158 valence electrons. The molecular formula is C24H29N3O2S. The summed E-state index contributed by atoms with van der Waals surface area (Å²) in [7, 11) is 0. The molecule has 3 rings (SSSR count). The maximum absolute atomic E-state index is 13.0. The Morgan fingerprint density at radius 2 is 1.73 bits per heavy atom. The minimum atomic E-state index is -0.383. The van der Waals surface area contributed by atoms with Crippen LogP contribution in [-0.2, 0) is 4.79 Å². The van der Waals surface area contributed by atoms with E-state index < -0.39 is 0 Å². The summed E-state index contributed by atoms with van der Waals surface area (Å²) < 4.78 is 1.68. The molecule has 30 heavy (non-hydrogen) atoms. The monoisotopic (exact) mass is 423 g/mol. The number of hydrogen-bond acceptors (Lipinski definition) is 4. The second-order valence-corrected chi connectivity index (χ2v) is 9.01. The zero-order valence-electron chi connectivity index (χ0n) is 18.0. The van der Waals surface area contributed by atoms with E-state index in [1.165, 1.54) is 11.8 Å². The van der Waals surface area contributed by atoms with Crippen LogP contribution in [0.4, 0.5) is 0 Å². The van der Waals surface area contributed by atoms with Crippen molar-refractivity contribution in [2.45, 2.75) is 63.0 Å². The molecule has 0 radical (unpaired) electrons. The first kappa shape index (κ1) is 22.1. The number of para-hydroxylation sites is 1. The van der Waals surface area contributed by atoms with Crippen LogP contribution in [0.5, 0.6) is 0 Å². The van der Waals surface area contributed by atoms with Crippen LogP contribution in [0, 0.1) is 0 Å². The fourth-order valence-electron chi connectivity index (χ4n) is 3.46. The molecule has 0 aliphatic rings. The first-order chi connectivity index (χ1) is 14.4. The number of benzene rings is 2. The fraction of sp³-hybridized carbons (Fsp3) is 0.375. The lowest BCUT2D eigenvalue weighted by atomic mass is 10.0. The number of nitrogens with zero attached hydrogens (tertiary/aromatic N) is 2. The average Bonchev–Trinajstić information content (AvgIpc) is 2.73. The first-order valence-corrected chi connectivity index (χ1v) is 11.3. The third-order valence-electron chi connectivity index (χ3n) is 5.04. The van der Waals surface area contributed by atoms with Crippen LogP contribution in [0.25, 0.3) is 10.9 Å². The lowest BCUT2D eigenvalue weighted by Gasteiger charge is -2.22. The highest BCUT2D eigenvalue weighted by molar-refractivity contribution is 8.00. The number of amides is 1. The van der Waals surface area contributed by atoms with Gasteiger partial charge in [-0.25, -0.2) is 4.98 Å². The largest absolute Gasteiger partial charge is 0.348 e. The van der Waals surface area contributed by atoms with Gasteiger partial charge in [-0.05, 0) is 44.9 Å². The van der Waals surface area contributed by atoms with E-state index in [2.05, 4.69) is 12.2 Å². The number of aromatic nitrogens is 2. The Balaban J connectivity index is 1.85. The zero-order chi connectivity index (χ0) is 21.7. The lowest BCUT2D eigenvalue weighted by Crippen LogP contribution is -2.35. The molecule has 1 N–H and O–H groups in total. The van der Waals surface area contributed by atoms with Crippen molar-refractivity contribution in [2.24, 2.45) is 0 Å². The van der Waals surface area contributed by atoms with Gasteiger partial charge in [0.2, 0.25) is 5.91 Å². The molecule has 0 fully saturated rings. The number of fused-ring (bicyclic) bond motifs is 1. The van der Waals surface area contributed by atoms with Gasteiger partial charge in [-0.15, -0.1) is 0 Å². The highest BCUT2D eigenvalue weighted by atomic mass is 32.2. The summed E-state index contributed by atoms with van der Waals surface area (Å²) in [5.74, 6) is -0.0555. The lowest BCUT2D eigenvalue weighted by molar-refractivity contribution is -0.121. The minimum absolute atomic E-state index is 0.0244. The molecule has 0 saturated heterocycles. The van der Waals surface area contributed by atoms with Crippen LogP contribution in [-0.4, -0.2) is 20.7 Å². The molecule has 1 heterocycles. The molecule has 0 spiro atoms. The van der Waals surface area contributed by atoms with E-state index in [1.54, 1.807) is 10.6 Å². The molecule has 5 nitrogen and oxygen atoms in total. The Morgan fingerprint density at radius 3 is 2.40 bits per heavy atom. The standard InChI is InChI=1S/C24H29N3O2S/c1-5-11-20(18-12-7-6-8-13-18)25-22(28)17(4)30-24-26-21-15-10-9-14-19(21)23(29)27(24)16(2)3/h6-10,12-17,20H,5,11H2,1-4H3,(H,25,28)/t17-,20+/m1/s1. The number of carbonyl (C=O) groups is 1. The molecule has 3 aromatic rings. The SMILES string of the molecule is CCC[C@H](NC(=O)[C@@H](C)Sc1nc2ccccc2c(=O)n1C(C)C)c1ccccc1. The van der Waals surface area contributed by atoms with Gasteiger partial charge in [0.15, 0.2) is 5.16 Å². The van der Waals surface area contributed by atoms with Gasteiger partial charge in [0, 0.05) is 6.04 Å². The Bertz CT molecular complexity index is 1060. The normalized spacial score (nSPS) is 13.4. The number of thioether (sulfide) groups is 1. The highest BCUT2D eigenvalue weighted by Crippen LogP contribution is 2.26. The van der Waals surface area contributed by atoms with E-state index in [4.69, 9.17) is 4.98 Å². The summed E-state index contributed by atoms with van der Waals surface area (Å²) in [6.07, 6.45) is 1.85. The Labute approximate surface area is 181 Å². The third kappa shape index (κ3) is 4.93. The van der Waals surface area contributed by atoms with Crippen LogP contribution in [0.15, 0.2) is 64.5 Å². The topological polar surface area (TPSA) is 64.0 Å². The molecule has 0 saturated carbocycles. The van der Waals surface area contributed by atoms with E-state index in [1.807, 2.05) is 69.3 Å². The number of carbonyl (C=O) groups excluding carboxylic acids is 1. The number of nitrogens with one attached hydrogen (secondary N) is 1. The molecule has 0 aliphatic heterocycles. The second-order valence-electron chi connectivity index (χ2n) is 7.70. The molecule has 2 aromatic carbocycles. The predicted molar refractivity (Wildman–Crippen MR) is 124 cm³/mol. The Hall–Kier alpha value is -2.60. The van der Waals surface area contributed by atoms with E-state index in [-0.39, 0.29) is 28.8 Å². The molecule has 1 aromatic heterocycles. The van der Waals surface area contributed by atoms with Crippen molar-refractivity contribution < 1.29 is 4.79 Å². The van der Waals surface area contributed by atoms with Crippen LogP contribution in [0.3, 0.4) is 0 Å². The van der Waals surface area contributed by atoms with Crippen molar-refractivity contribution in [3.8, 4) is 0 Å². The second kappa shape index (κ2) is 9.94. The van der Waals surface area contributed by atoms with Crippen molar-refractivity contribution in [2.75, 3.05) is 0 Å². The fourth-order valence-corrected chi connectivity index (χ4v) is 4.51. The van der Waals surface area contributed by atoms with Gasteiger partial charge < -0.3 is 5.32 Å². The van der Waals surface area contributed by atoms with Gasteiger partial charge in [0.25, 0.3) is 5.56 Å². The van der Waals surface area contributed by atoms with Gasteiger partial charge in [-0.3, -0.25) is 14.2 Å². The van der Waals surface area contributed by atoms with Gasteiger partial charge in [0.05, 0.1) is 22.2 Å². The van der Waals surface area contributed by atoms with Crippen LogP contribution in [0.1, 0.15) is 58.2 Å². The molecule has 1 amide bonds. The summed E-state index contributed by atoms with van der Waals surface area (Å²) in [4.78, 5) is 30.7.